The van der Waals surface area contributed by atoms with Gasteiger partial charge in [-0.15, -0.1) is 0 Å². The zero-order valence-electron chi connectivity index (χ0n) is 11.0. The van der Waals surface area contributed by atoms with Crippen LogP contribution in [0.2, 0.25) is 0 Å². The Morgan fingerprint density at radius 3 is 2.73 bits per heavy atom. The first kappa shape index (κ1) is 13.9. The molecule has 2 heterocycles. The molecule has 22 heavy (non-hydrogen) atoms. The number of rotatable bonds is 1. The van der Waals surface area contributed by atoms with Gasteiger partial charge in [0, 0.05) is 0 Å². The second kappa shape index (κ2) is 4.77. The van der Waals surface area contributed by atoms with E-state index >= 15 is 0 Å². The molecule has 0 spiro atoms. The van der Waals surface area contributed by atoms with Crippen LogP contribution in [0.5, 0.6) is 0 Å². The Labute approximate surface area is 122 Å². The van der Waals surface area contributed by atoms with Crippen LogP contribution in [0, 0.1) is 11.3 Å². The minimum Gasteiger partial charge on any atom is -0.383 e. The molecule has 0 bridgehead atoms. The third-order valence-corrected chi connectivity index (χ3v) is 3.31. The number of halogens is 3. The normalized spacial score (nSPS) is 17.6. The van der Waals surface area contributed by atoms with Gasteiger partial charge >= 0.3 is 6.18 Å². The van der Waals surface area contributed by atoms with Gasteiger partial charge in [0.1, 0.15) is 18.2 Å². The first-order valence-electron chi connectivity index (χ1n) is 6.16. The van der Waals surface area contributed by atoms with Crippen molar-refractivity contribution in [2.45, 2.75) is 12.2 Å². The first-order valence-corrected chi connectivity index (χ1v) is 6.16. The Balaban J connectivity index is 2.19. The summed E-state index contributed by atoms with van der Waals surface area (Å²) in [5.74, 6) is 0.134. The molecule has 1 aromatic carbocycles. The largest absolute Gasteiger partial charge is 0.416 e. The summed E-state index contributed by atoms with van der Waals surface area (Å²) in [4.78, 5) is 3.88. The number of nitrogens with one attached hydrogen (secondary N) is 1. The number of hydrogen-bond donors (Lipinski definition) is 2. The molecule has 1 unspecified atom stereocenters. The lowest BCUT2D eigenvalue weighted by atomic mass is 9.93. The Kier molecular flexibility index (Phi) is 3.02. The molecule has 0 radical (unpaired) electrons. The quantitative estimate of drug-likeness (QED) is 0.842. The van der Waals surface area contributed by atoms with Crippen molar-refractivity contribution in [3.8, 4) is 6.07 Å². The standard InChI is InChI=1S/C13H9F3N6/c14-13(15,16)9-4-2-1-3-7(9)10-8(5-17)11(18)22-12(21-10)19-6-20-22/h1-4,6,10H,18H2,(H,19,20,21). The summed E-state index contributed by atoms with van der Waals surface area (Å²) in [6.45, 7) is 0. The number of benzene rings is 1. The van der Waals surface area contributed by atoms with Crippen molar-refractivity contribution in [2.75, 3.05) is 5.32 Å². The van der Waals surface area contributed by atoms with Gasteiger partial charge in [-0.1, -0.05) is 18.2 Å². The van der Waals surface area contributed by atoms with Crippen molar-refractivity contribution in [3.63, 3.8) is 0 Å². The Bertz CT molecular complexity index is 799. The summed E-state index contributed by atoms with van der Waals surface area (Å²) < 4.78 is 40.7. The summed E-state index contributed by atoms with van der Waals surface area (Å²) in [7, 11) is 0. The average Bonchev–Trinajstić information content (AvgIpc) is 2.95. The maximum atomic E-state index is 13.2. The molecule has 1 aliphatic heterocycles. The van der Waals surface area contributed by atoms with Gasteiger partial charge in [-0.05, 0) is 11.6 Å². The van der Waals surface area contributed by atoms with Crippen LogP contribution >= 0.6 is 0 Å². The van der Waals surface area contributed by atoms with Gasteiger partial charge < -0.3 is 11.1 Å². The average molecular weight is 306 g/mol. The number of nitrogens with zero attached hydrogens (tertiary/aromatic N) is 4. The number of aromatic nitrogens is 3. The maximum Gasteiger partial charge on any atom is 0.416 e. The number of anilines is 1. The van der Waals surface area contributed by atoms with E-state index in [4.69, 9.17) is 5.73 Å². The molecule has 0 saturated carbocycles. The van der Waals surface area contributed by atoms with Crippen molar-refractivity contribution < 1.29 is 13.2 Å². The van der Waals surface area contributed by atoms with Gasteiger partial charge in [0.2, 0.25) is 5.95 Å². The van der Waals surface area contributed by atoms with Crippen molar-refractivity contribution >= 4 is 11.8 Å². The number of nitrogens with two attached hydrogens (primary N) is 1. The molecule has 1 atom stereocenters. The predicted octanol–water partition coefficient (Wildman–Crippen LogP) is 2.11. The van der Waals surface area contributed by atoms with Crippen LogP contribution in [-0.4, -0.2) is 14.8 Å². The summed E-state index contributed by atoms with van der Waals surface area (Å²) in [6, 6.07) is 5.83. The highest BCUT2D eigenvalue weighted by atomic mass is 19.4. The van der Waals surface area contributed by atoms with Gasteiger partial charge in [-0.25, -0.2) is 0 Å². The molecular weight excluding hydrogens is 297 g/mol. The summed E-state index contributed by atoms with van der Waals surface area (Å²) in [5.41, 5.74) is 4.86. The third kappa shape index (κ3) is 2.05. The summed E-state index contributed by atoms with van der Waals surface area (Å²) in [5, 5.41) is 15.9. The minimum atomic E-state index is -4.54. The zero-order valence-corrected chi connectivity index (χ0v) is 11.0. The Morgan fingerprint density at radius 2 is 2.05 bits per heavy atom. The lowest BCUT2D eigenvalue weighted by Gasteiger charge is -2.27. The van der Waals surface area contributed by atoms with Gasteiger partial charge in [-0.2, -0.15) is 33.2 Å². The van der Waals surface area contributed by atoms with Gasteiger partial charge in [0.15, 0.2) is 0 Å². The molecular formula is C13H9F3N6. The highest BCUT2D eigenvalue weighted by molar-refractivity contribution is 5.65. The van der Waals surface area contributed by atoms with Crippen molar-refractivity contribution in [3.05, 3.63) is 47.3 Å². The van der Waals surface area contributed by atoms with E-state index in [1.165, 1.54) is 29.2 Å². The monoisotopic (exact) mass is 306 g/mol. The van der Waals surface area contributed by atoms with Gasteiger partial charge in [0.05, 0.1) is 17.2 Å². The molecule has 6 nitrogen and oxygen atoms in total. The molecule has 1 aromatic heterocycles. The predicted molar refractivity (Wildman–Crippen MR) is 70.8 cm³/mol. The molecule has 0 amide bonds. The van der Waals surface area contributed by atoms with Crippen LogP contribution < -0.4 is 11.1 Å². The van der Waals surface area contributed by atoms with E-state index in [1.54, 1.807) is 0 Å². The third-order valence-electron chi connectivity index (χ3n) is 3.31. The highest BCUT2D eigenvalue weighted by Crippen LogP contribution is 2.39. The van der Waals surface area contributed by atoms with E-state index in [-0.39, 0.29) is 22.9 Å². The fourth-order valence-electron chi connectivity index (χ4n) is 2.34. The smallest absolute Gasteiger partial charge is 0.383 e. The van der Waals surface area contributed by atoms with Crippen molar-refractivity contribution in [1.82, 2.24) is 14.8 Å². The summed E-state index contributed by atoms with van der Waals surface area (Å²) in [6.07, 6.45) is -3.35. The fraction of sp³-hybridized carbons (Fsp3) is 0.154. The van der Waals surface area contributed by atoms with Crippen molar-refractivity contribution in [2.24, 2.45) is 5.73 Å². The van der Waals surface area contributed by atoms with Crippen molar-refractivity contribution in [1.29, 1.82) is 5.26 Å². The number of fused-ring (bicyclic) bond motifs is 1. The second-order valence-corrected chi connectivity index (χ2v) is 4.57. The van der Waals surface area contributed by atoms with E-state index in [2.05, 4.69) is 15.4 Å². The van der Waals surface area contributed by atoms with Crippen LogP contribution in [0.25, 0.3) is 5.82 Å². The molecule has 3 rings (SSSR count). The molecule has 112 valence electrons. The van der Waals surface area contributed by atoms with E-state index in [0.29, 0.717) is 0 Å². The van der Waals surface area contributed by atoms with E-state index < -0.39 is 17.8 Å². The minimum absolute atomic E-state index is 0.0456. The lowest BCUT2D eigenvalue weighted by molar-refractivity contribution is -0.138. The topological polar surface area (TPSA) is 92.5 Å². The molecule has 9 heteroatoms. The van der Waals surface area contributed by atoms with Gasteiger partial charge in [-0.3, -0.25) is 0 Å². The molecule has 0 saturated heterocycles. The highest BCUT2D eigenvalue weighted by Gasteiger charge is 2.38. The second-order valence-electron chi connectivity index (χ2n) is 4.57. The molecule has 0 aliphatic carbocycles. The van der Waals surface area contributed by atoms with Crippen LogP contribution in [0.4, 0.5) is 19.1 Å². The van der Waals surface area contributed by atoms with Crippen LogP contribution in [-0.2, 0) is 6.18 Å². The first-order chi connectivity index (χ1) is 10.4. The number of alkyl halides is 3. The van der Waals surface area contributed by atoms with E-state index in [9.17, 15) is 18.4 Å². The fourth-order valence-corrected chi connectivity index (χ4v) is 2.34. The Morgan fingerprint density at radius 1 is 1.32 bits per heavy atom. The van der Waals surface area contributed by atoms with E-state index in [0.717, 1.165) is 6.07 Å². The van der Waals surface area contributed by atoms with Crippen LogP contribution in [0.3, 0.4) is 0 Å². The molecule has 2 aromatic rings. The van der Waals surface area contributed by atoms with E-state index in [1.807, 2.05) is 6.07 Å². The Hall–Kier alpha value is -3.02. The molecule has 0 fully saturated rings. The number of nitriles is 1. The SMILES string of the molecule is N#CC1=C(N)n2ncnc2NC1c1ccccc1C(F)(F)F. The summed E-state index contributed by atoms with van der Waals surface area (Å²) >= 11 is 0. The number of hydrogen-bond acceptors (Lipinski definition) is 5. The van der Waals surface area contributed by atoms with Crippen LogP contribution in [0.1, 0.15) is 17.2 Å². The molecule has 1 aliphatic rings. The zero-order chi connectivity index (χ0) is 15.9. The van der Waals surface area contributed by atoms with Crippen LogP contribution in [0.15, 0.2) is 36.2 Å². The lowest BCUT2D eigenvalue weighted by Crippen LogP contribution is -2.28. The molecule has 3 N–H and O–H groups in total. The maximum absolute atomic E-state index is 13.2. The van der Waals surface area contributed by atoms with Gasteiger partial charge in [0.25, 0.3) is 0 Å².